The van der Waals surface area contributed by atoms with Crippen molar-refractivity contribution in [3.05, 3.63) is 28.0 Å². The van der Waals surface area contributed by atoms with Crippen molar-refractivity contribution in [2.45, 2.75) is 6.10 Å². The zero-order valence-corrected chi connectivity index (χ0v) is 12.6. The number of nitrogens with one attached hydrogen (secondary N) is 1. The van der Waals surface area contributed by atoms with Gasteiger partial charge >= 0.3 is 5.97 Å². The van der Waals surface area contributed by atoms with E-state index in [2.05, 4.69) is 26.1 Å². The number of rotatable bonds is 4. The zero-order valence-electron chi connectivity index (χ0n) is 11.0. The van der Waals surface area contributed by atoms with Crippen molar-refractivity contribution in [1.82, 2.24) is 4.90 Å². The summed E-state index contributed by atoms with van der Waals surface area (Å²) in [5, 5.41) is 11.9. The van der Waals surface area contributed by atoms with Crippen LogP contribution in [0.4, 0.5) is 10.1 Å². The Morgan fingerprint density at radius 2 is 2.40 bits per heavy atom. The second-order valence-electron chi connectivity index (χ2n) is 4.73. The molecule has 1 atom stereocenters. The van der Waals surface area contributed by atoms with Gasteiger partial charge in [0.2, 0.25) is 0 Å². The summed E-state index contributed by atoms with van der Waals surface area (Å²) in [5.41, 5.74) is 0.167. The highest BCUT2D eigenvalue weighted by Crippen LogP contribution is 2.27. The number of morpholine rings is 1. The molecule has 0 saturated carbocycles. The molecule has 1 heterocycles. The average Bonchev–Trinajstić information content (AvgIpc) is 2.40. The highest BCUT2D eigenvalue weighted by atomic mass is 79.9. The van der Waals surface area contributed by atoms with Gasteiger partial charge in [-0.05, 0) is 35.1 Å². The molecule has 0 bridgehead atoms. The maximum Gasteiger partial charge on any atom is 0.336 e. The summed E-state index contributed by atoms with van der Waals surface area (Å²) >= 11 is 2.97. The molecule has 0 aliphatic carbocycles. The van der Waals surface area contributed by atoms with Gasteiger partial charge in [-0.3, -0.25) is 0 Å². The average molecular weight is 347 g/mol. The number of benzene rings is 1. The molecule has 0 radical (unpaired) electrons. The Morgan fingerprint density at radius 1 is 1.65 bits per heavy atom. The SMILES string of the molecule is CN1CCOC(CNc2ccc(C(=O)O)c(Br)c2F)C1. The molecule has 1 aromatic carbocycles. The van der Waals surface area contributed by atoms with Crippen LogP contribution in [0.25, 0.3) is 0 Å². The fourth-order valence-electron chi connectivity index (χ4n) is 2.07. The number of carbonyl (C=O) groups is 1. The van der Waals surface area contributed by atoms with Crippen molar-refractivity contribution in [2.24, 2.45) is 0 Å². The summed E-state index contributed by atoms with van der Waals surface area (Å²) in [6.45, 7) is 2.81. The summed E-state index contributed by atoms with van der Waals surface area (Å²) in [5.74, 6) is -1.77. The van der Waals surface area contributed by atoms with E-state index in [1.165, 1.54) is 12.1 Å². The molecular formula is C13H16BrFN2O3. The van der Waals surface area contributed by atoms with Gasteiger partial charge in [0.1, 0.15) is 0 Å². The third-order valence-corrected chi connectivity index (χ3v) is 3.95. The topological polar surface area (TPSA) is 61.8 Å². The molecule has 1 aliphatic rings. The Labute approximate surface area is 124 Å². The highest BCUT2D eigenvalue weighted by Gasteiger charge is 2.19. The van der Waals surface area contributed by atoms with Gasteiger partial charge in [0, 0.05) is 19.6 Å². The minimum absolute atomic E-state index is 0.00826. The third-order valence-electron chi connectivity index (χ3n) is 3.17. The first-order chi connectivity index (χ1) is 9.49. The summed E-state index contributed by atoms with van der Waals surface area (Å²) < 4.78 is 19.6. The minimum Gasteiger partial charge on any atom is -0.478 e. The molecular weight excluding hydrogens is 331 g/mol. The van der Waals surface area contributed by atoms with E-state index in [0.717, 1.165) is 13.1 Å². The van der Waals surface area contributed by atoms with Gasteiger partial charge in [-0.1, -0.05) is 0 Å². The van der Waals surface area contributed by atoms with Crippen molar-refractivity contribution >= 4 is 27.6 Å². The largest absolute Gasteiger partial charge is 0.478 e. The summed E-state index contributed by atoms with van der Waals surface area (Å²) in [6, 6.07) is 2.79. The number of halogens is 2. The predicted octanol–water partition coefficient (Wildman–Crippen LogP) is 2.03. The molecule has 2 rings (SSSR count). The van der Waals surface area contributed by atoms with Gasteiger partial charge in [-0.25, -0.2) is 9.18 Å². The van der Waals surface area contributed by atoms with Gasteiger partial charge in [0.05, 0.1) is 28.4 Å². The Balaban J connectivity index is 2.03. The number of aromatic carboxylic acids is 1. The van der Waals surface area contributed by atoms with E-state index in [9.17, 15) is 9.18 Å². The van der Waals surface area contributed by atoms with Crippen molar-refractivity contribution < 1.29 is 19.0 Å². The molecule has 1 aliphatic heterocycles. The van der Waals surface area contributed by atoms with Gasteiger partial charge in [-0.15, -0.1) is 0 Å². The van der Waals surface area contributed by atoms with Crippen LogP contribution in [0.1, 0.15) is 10.4 Å². The second kappa shape index (κ2) is 6.51. The molecule has 5 nitrogen and oxygen atoms in total. The van der Waals surface area contributed by atoms with Crippen LogP contribution in [0.5, 0.6) is 0 Å². The van der Waals surface area contributed by atoms with Crippen LogP contribution in [-0.2, 0) is 4.74 Å². The minimum atomic E-state index is -1.17. The lowest BCUT2D eigenvalue weighted by molar-refractivity contribution is -0.0117. The van der Waals surface area contributed by atoms with Crippen molar-refractivity contribution in [1.29, 1.82) is 0 Å². The van der Waals surface area contributed by atoms with Crippen LogP contribution in [0, 0.1) is 5.82 Å². The molecule has 1 saturated heterocycles. The number of carboxylic acids is 1. The Hall–Kier alpha value is -1.18. The number of ether oxygens (including phenoxy) is 1. The lowest BCUT2D eigenvalue weighted by Gasteiger charge is -2.30. The maximum absolute atomic E-state index is 14.0. The van der Waals surface area contributed by atoms with Crippen LogP contribution in [0.15, 0.2) is 16.6 Å². The quantitative estimate of drug-likeness (QED) is 0.873. The number of likely N-dealkylation sites (N-methyl/N-ethyl adjacent to an activating group) is 1. The Kier molecular flexibility index (Phi) is 4.95. The molecule has 20 heavy (non-hydrogen) atoms. The number of anilines is 1. The number of nitrogens with zero attached hydrogens (tertiary/aromatic N) is 1. The second-order valence-corrected chi connectivity index (χ2v) is 5.52. The molecule has 1 aromatic rings. The fraction of sp³-hybridized carbons (Fsp3) is 0.462. The first-order valence-corrected chi connectivity index (χ1v) is 7.03. The van der Waals surface area contributed by atoms with Gasteiger partial charge in [0.15, 0.2) is 5.82 Å². The predicted molar refractivity (Wildman–Crippen MR) is 76.8 cm³/mol. The number of hydrogen-bond acceptors (Lipinski definition) is 4. The van der Waals surface area contributed by atoms with E-state index < -0.39 is 11.8 Å². The first-order valence-electron chi connectivity index (χ1n) is 6.24. The van der Waals surface area contributed by atoms with E-state index in [1.807, 2.05) is 7.05 Å². The fourth-order valence-corrected chi connectivity index (χ4v) is 2.58. The monoisotopic (exact) mass is 346 g/mol. The third kappa shape index (κ3) is 3.47. The zero-order chi connectivity index (χ0) is 14.7. The van der Waals surface area contributed by atoms with Gasteiger partial charge < -0.3 is 20.1 Å². The lowest BCUT2D eigenvalue weighted by atomic mass is 10.2. The molecule has 0 spiro atoms. The molecule has 2 N–H and O–H groups in total. The van der Waals surface area contributed by atoms with Crippen molar-refractivity contribution in [3.63, 3.8) is 0 Å². The smallest absolute Gasteiger partial charge is 0.336 e. The summed E-state index contributed by atoms with van der Waals surface area (Å²) in [6.07, 6.45) is -0.00826. The molecule has 110 valence electrons. The number of carboxylic acid groups (broad SMARTS) is 1. The maximum atomic E-state index is 14.0. The van der Waals surface area contributed by atoms with Crippen LogP contribution in [-0.4, -0.2) is 55.4 Å². The molecule has 1 fully saturated rings. The molecule has 0 aromatic heterocycles. The van der Waals surface area contributed by atoms with Crippen molar-refractivity contribution in [2.75, 3.05) is 38.6 Å². The van der Waals surface area contributed by atoms with Crippen molar-refractivity contribution in [3.8, 4) is 0 Å². The van der Waals surface area contributed by atoms with E-state index >= 15 is 0 Å². The van der Waals surface area contributed by atoms with Gasteiger partial charge in [-0.2, -0.15) is 0 Å². The number of hydrogen-bond donors (Lipinski definition) is 2. The summed E-state index contributed by atoms with van der Waals surface area (Å²) in [7, 11) is 2.01. The van der Waals surface area contributed by atoms with E-state index in [1.54, 1.807) is 0 Å². The Bertz CT molecular complexity index is 513. The van der Waals surface area contributed by atoms with E-state index in [0.29, 0.717) is 13.2 Å². The standard InChI is InChI=1S/C13H16BrFN2O3/c1-17-4-5-20-8(7-17)6-16-10-3-2-9(13(18)19)11(14)12(10)15/h2-3,8,16H,4-7H2,1H3,(H,18,19). The van der Waals surface area contributed by atoms with Crippen LogP contribution in [0.2, 0.25) is 0 Å². The Morgan fingerprint density at radius 3 is 3.05 bits per heavy atom. The van der Waals surface area contributed by atoms with Gasteiger partial charge in [0.25, 0.3) is 0 Å². The molecule has 7 heteroatoms. The normalized spacial score (nSPS) is 19.9. The summed E-state index contributed by atoms with van der Waals surface area (Å²) in [4.78, 5) is 13.0. The highest BCUT2D eigenvalue weighted by molar-refractivity contribution is 9.10. The lowest BCUT2D eigenvalue weighted by Crippen LogP contribution is -2.43. The van der Waals surface area contributed by atoms with E-state index in [-0.39, 0.29) is 21.8 Å². The van der Waals surface area contributed by atoms with Crippen LogP contribution < -0.4 is 5.32 Å². The van der Waals surface area contributed by atoms with E-state index in [4.69, 9.17) is 9.84 Å². The van der Waals surface area contributed by atoms with Crippen LogP contribution >= 0.6 is 15.9 Å². The first kappa shape index (κ1) is 15.2. The molecule has 0 amide bonds. The van der Waals surface area contributed by atoms with Crippen LogP contribution in [0.3, 0.4) is 0 Å². The molecule has 1 unspecified atom stereocenters.